The predicted octanol–water partition coefficient (Wildman–Crippen LogP) is 1.55. The fourth-order valence-corrected chi connectivity index (χ4v) is 5.68. The zero-order valence-electron chi connectivity index (χ0n) is 14.1. The molecule has 2 unspecified atom stereocenters. The first-order chi connectivity index (χ1) is 13.1. The van der Waals surface area contributed by atoms with E-state index in [1.54, 1.807) is 0 Å². The summed E-state index contributed by atoms with van der Waals surface area (Å²) < 4.78 is 23.5. The Morgan fingerprint density at radius 3 is 3.15 bits per heavy atom. The molecule has 1 aliphatic rings. The summed E-state index contributed by atoms with van der Waals surface area (Å²) in [6.45, 7) is 0.0116. The van der Waals surface area contributed by atoms with Crippen LogP contribution in [0, 0.1) is 11.8 Å². The second-order valence-corrected chi connectivity index (χ2v) is 10.7. The van der Waals surface area contributed by atoms with Crippen molar-refractivity contribution < 1.29 is 14.0 Å². The second kappa shape index (κ2) is 11.3. The molecule has 2 heterocycles. The van der Waals surface area contributed by atoms with Gasteiger partial charge in [0.25, 0.3) is 0 Å². The van der Waals surface area contributed by atoms with E-state index in [1.807, 2.05) is 0 Å². The van der Waals surface area contributed by atoms with Crippen molar-refractivity contribution in [2.75, 3.05) is 25.2 Å². The number of hydrogen-bond acceptors (Lipinski definition) is 8. The highest BCUT2D eigenvalue weighted by atomic mass is 32.4. The van der Waals surface area contributed by atoms with E-state index in [9.17, 15) is 9.36 Å². The molecule has 0 aliphatic carbocycles. The normalized spacial score (nSPS) is 22.3. The van der Waals surface area contributed by atoms with E-state index in [2.05, 4.69) is 26.9 Å². The summed E-state index contributed by atoms with van der Waals surface area (Å²) in [4.78, 5) is 18.7. The summed E-state index contributed by atoms with van der Waals surface area (Å²) >= 11 is 0. The topological polar surface area (TPSA) is 171 Å². The van der Waals surface area contributed by atoms with Gasteiger partial charge in [0.1, 0.15) is 18.8 Å². The lowest BCUT2D eigenvalue weighted by molar-refractivity contribution is -0.0259. The van der Waals surface area contributed by atoms with Gasteiger partial charge < -0.3 is 20.9 Å². The lowest BCUT2D eigenvalue weighted by Gasteiger charge is -2.17. The van der Waals surface area contributed by atoms with Crippen LogP contribution < -0.4 is 17.2 Å². The number of nitrogens with zero attached hydrogens (tertiary/aromatic N) is 5. The SMILES string of the molecule is [N-]=[N+]=NCO[C@@H]1C[C@H](n2cc(C#CCN)c(N)nc2=O)O[C@@H]1CPPP=O. The molecule has 4 N–H and O–H groups in total. The van der Waals surface area contributed by atoms with Crippen LogP contribution in [0.5, 0.6) is 0 Å². The number of azide groups is 1. The highest BCUT2D eigenvalue weighted by molar-refractivity contribution is 8.40. The molecule has 1 saturated heterocycles. The molecule has 0 aromatic carbocycles. The average Bonchev–Trinajstić information content (AvgIpc) is 3.04. The molecule has 2 rings (SSSR count). The summed E-state index contributed by atoms with van der Waals surface area (Å²) in [7, 11) is 0.818. The third-order valence-corrected chi connectivity index (χ3v) is 8.10. The van der Waals surface area contributed by atoms with Crippen molar-refractivity contribution in [3.8, 4) is 11.8 Å². The first kappa shape index (κ1) is 21.7. The molecular formula is C13H18N7O4P3. The Hall–Kier alpha value is -1.61. The van der Waals surface area contributed by atoms with Crippen molar-refractivity contribution in [2.45, 2.75) is 24.9 Å². The van der Waals surface area contributed by atoms with E-state index < -0.39 is 11.9 Å². The molecule has 1 aliphatic heterocycles. The third-order valence-electron chi connectivity index (χ3n) is 3.63. The summed E-state index contributed by atoms with van der Waals surface area (Å²) in [5, 5.41) is 3.37. The maximum absolute atomic E-state index is 12.3. The molecule has 27 heavy (non-hydrogen) atoms. The smallest absolute Gasteiger partial charge is 0.351 e. The summed E-state index contributed by atoms with van der Waals surface area (Å²) in [5.41, 5.74) is 19.3. The minimum Gasteiger partial charge on any atom is -0.382 e. The number of ether oxygens (including phenoxy) is 2. The summed E-state index contributed by atoms with van der Waals surface area (Å²) in [5.74, 6) is 5.47. The van der Waals surface area contributed by atoms with Gasteiger partial charge in [0.05, 0.1) is 24.3 Å². The van der Waals surface area contributed by atoms with Gasteiger partial charge in [-0.05, 0) is 19.7 Å². The van der Waals surface area contributed by atoms with Gasteiger partial charge in [-0.25, -0.2) is 4.79 Å². The molecular weight excluding hydrogens is 411 g/mol. The molecule has 1 fully saturated rings. The van der Waals surface area contributed by atoms with E-state index in [4.69, 9.17) is 26.5 Å². The maximum atomic E-state index is 12.3. The first-order valence-electron chi connectivity index (χ1n) is 7.76. The van der Waals surface area contributed by atoms with Crippen molar-refractivity contribution in [1.82, 2.24) is 9.55 Å². The van der Waals surface area contributed by atoms with Gasteiger partial charge in [0.15, 0.2) is 8.15 Å². The molecule has 1 aromatic heterocycles. The van der Waals surface area contributed by atoms with Gasteiger partial charge in [0, 0.05) is 17.5 Å². The molecule has 0 bridgehead atoms. The van der Waals surface area contributed by atoms with Crippen LogP contribution in [0.4, 0.5) is 5.82 Å². The Balaban J connectivity index is 2.22. The molecule has 0 amide bonds. The first-order valence-corrected chi connectivity index (χ1v) is 12.6. The number of nitrogen functional groups attached to an aromatic ring is 1. The van der Waals surface area contributed by atoms with Crippen molar-refractivity contribution in [1.29, 1.82) is 0 Å². The Bertz CT molecular complexity index is 833. The fourth-order valence-electron chi connectivity index (χ4n) is 2.49. The monoisotopic (exact) mass is 429 g/mol. The lowest BCUT2D eigenvalue weighted by atomic mass is 10.2. The van der Waals surface area contributed by atoms with Crippen molar-refractivity contribution >= 4 is 30.2 Å². The van der Waals surface area contributed by atoms with E-state index in [1.165, 1.54) is 10.8 Å². The molecule has 5 atom stereocenters. The largest absolute Gasteiger partial charge is 0.382 e. The number of hydrogen-bond donors (Lipinski definition) is 2. The molecule has 0 radical (unpaired) electrons. The maximum Gasteiger partial charge on any atom is 0.351 e. The third kappa shape index (κ3) is 6.21. The number of rotatable bonds is 8. The highest BCUT2D eigenvalue weighted by Gasteiger charge is 2.37. The van der Waals surface area contributed by atoms with Crippen molar-refractivity contribution in [3.05, 3.63) is 32.7 Å². The Morgan fingerprint density at radius 1 is 1.63 bits per heavy atom. The van der Waals surface area contributed by atoms with Crippen LogP contribution in [0.2, 0.25) is 0 Å². The lowest BCUT2D eigenvalue weighted by Crippen LogP contribution is -2.28. The van der Waals surface area contributed by atoms with Crippen molar-refractivity contribution in [3.63, 3.8) is 0 Å². The predicted molar refractivity (Wildman–Crippen MR) is 105 cm³/mol. The van der Waals surface area contributed by atoms with E-state index in [0.29, 0.717) is 26.4 Å². The Morgan fingerprint density at radius 2 is 2.44 bits per heavy atom. The van der Waals surface area contributed by atoms with Crippen molar-refractivity contribution in [2.24, 2.45) is 10.8 Å². The molecule has 0 spiro atoms. The molecule has 14 heteroatoms. The van der Waals surface area contributed by atoms with Gasteiger partial charge in [0.2, 0.25) is 0 Å². The number of aromatic nitrogens is 2. The van der Waals surface area contributed by atoms with Crippen LogP contribution in [0.25, 0.3) is 10.4 Å². The van der Waals surface area contributed by atoms with Crippen LogP contribution in [-0.4, -0.2) is 41.2 Å². The minimum absolute atomic E-state index is 0.0278. The highest BCUT2D eigenvalue weighted by Crippen LogP contribution is 2.48. The fraction of sp³-hybridized carbons (Fsp3) is 0.538. The van der Waals surface area contributed by atoms with Gasteiger partial charge in [-0.15, -0.1) is 0 Å². The van der Waals surface area contributed by atoms with Crippen LogP contribution in [-0.2, 0) is 14.0 Å². The molecule has 1 aromatic rings. The molecule has 11 nitrogen and oxygen atoms in total. The van der Waals surface area contributed by atoms with E-state index >= 15 is 0 Å². The molecule has 144 valence electrons. The van der Waals surface area contributed by atoms with Crippen LogP contribution in [0.1, 0.15) is 18.2 Å². The van der Waals surface area contributed by atoms with Gasteiger partial charge in [-0.3, -0.25) is 9.13 Å². The Labute approximate surface area is 159 Å². The van der Waals surface area contributed by atoms with Crippen LogP contribution in [0.3, 0.4) is 0 Å². The molecule has 0 saturated carbocycles. The van der Waals surface area contributed by atoms with E-state index in [-0.39, 0.29) is 47.4 Å². The Kier molecular flexibility index (Phi) is 9.06. The number of anilines is 1. The summed E-state index contributed by atoms with van der Waals surface area (Å²) in [6, 6.07) is 0. The van der Waals surface area contributed by atoms with Gasteiger partial charge in [-0.2, -0.15) is 4.98 Å². The second-order valence-electron chi connectivity index (χ2n) is 5.25. The van der Waals surface area contributed by atoms with Gasteiger partial charge in [-0.1, -0.05) is 25.2 Å². The number of nitrogens with two attached hydrogens (primary N) is 2. The van der Waals surface area contributed by atoms with Gasteiger partial charge >= 0.3 is 5.69 Å². The standard InChI is InChI=1S/C13H18N7O4P3/c14-3-1-2-8-5-20(13(21)18-12(8)15)11-4-9(23-7-17-19-16)10(24-11)6-25-27-26-22/h5,9-11,25,27H,3-4,6-7,14H2,(H2,15,18,21)/t9-,10-,11-/m1/s1. The average molecular weight is 429 g/mol. The quantitative estimate of drug-likeness (QED) is 0.158. The zero-order chi connectivity index (χ0) is 19.6. The zero-order valence-corrected chi connectivity index (χ0v) is 17.0. The van der Waals surface area contributed by atoms with E-state index in [0.717, 1.165) is 0 Å². The summed E-state index contributed by atoms with van der Waals surface area (Å²) in [6.07, 6.45) is 1.17. The minimum atomic E-state index is -0.622. The van der Waals surface area contributed by atoms with Crippen LogP contribution >= 0.6 is 24.4 Å². The van der Waals surface area contributed by atoms with Crippen LogP contribution in [0.15, 0.2) is 16.1 Å².